The molecule has 0 fully saturated rings. The molecule has 0 atom stereocenters. The Hall–Kier alpha value is -1.28. The summed E-state index contributed by atoms with van der Waals surface area (Å²) < 4.78 is -2.30. The second-order valence-electron chi connectivity index (χ2n) is 3.43. The van der Waals surface area contributed by atoms with Gasteiger partial charge in [0.1, 0.15) is 5.01 Å². The van der Waals surface area contributed by atoms with Crippen molar-refractivity contribution in [2.24, 2.45) is 0 Å². The lowest BCUT2D eigenvalue weighted by atomic mass is 10.3. The minimum absolute atomic E-state index is 0.129. The minimum atomic E-state index is -2.30. The number of ketones is 1. The highest BCUT2D eigenvalue weighted by molar-refractivity contribution is 7.18. The van der Waals surface area contributed by atoms with Crippen LogP contribution >= 0.6 is 46.1 Å². The molecule has 0 aliphatic rings. The van der Waals surface area contributed by atoms with Crippen molar-refractivity contribution in [1.29, 1.82) is 0 Å². The lowest BCUT2D eigenvalue weighted by molar-refractivity contribution is -0.134. The van der Waals surface area contributed by atoms with Gasteiger partial charge in [0.2, 0.25) is 5.13 Å². The van der Waals surface area contributed by atoms with E-state index >= 15 is 0 Å². The van der Waals surface area contributed by atoms with Crippen LogP contribution in [0.25, 0.3) is 10.6 Å². The van der Waals surface area contributed by atoms with Gasteiger partial charge in [-0.05, 0) is 12.1 Å². The fourth-order valence-corrected chi connectivity index (χ4v) is 2.17. The molecule has 0 saturated heterocycles. The highest BCUT2D eigenvalue weighted by Gasteiger charge is 2.36. The maximum absolute atomic E-state index is 11.5. The Kier molecular flexibility index (Phi) is 4.54. The van der Waals surface area contributed by atoms with E-state index < -0.39 is 15.5 Å². The average Bonchev–Trinajstić information content (AvgIpc) is 2.86. The molecule has 0 bridgehead atoms. The number of carbonyl (C=O) groups is 2. The van der Waals surface area contributed by atoms with E-state index in [0.29, 0.717) is 5.01 Å². The Bertz CT molecular complexity index is 641. The summed E-state index contributed by atoms with van der Waals surface area (Å²) in [5.41, 5.74) is 0.783. The molecule has 0 saturated carbocycles. The second-order valence-corrected chi connectivity index (χ2v) is 6.69. The van der Waals surface area contributed by atoms with E-state index in [-0.39, 0.29) is 5.13 Å². The number of aromatic nitrogens is 3. The van der Waals surface area contributed by atoms with Crippen LogP contribution < -0.4 is 5.32 Å². The number of Topliss-reactive ketones (excluding diaryl/α,β-unsaturated/α-hetero) is 1. The number of anilines is 1. The van der Waals surface area contributed by atoms with Crippen LogP contribution in [0, 0.1) is 0 Å². The van der Waals surface area contributed by atoms with Gasteiger partial charge in [-0.15, -0.1) is 10.2 Å². The number of nitrogens with zero attached hydrogens (tertiary/aromatic N) is 3. The van der Waals surface area contributed by atoms with E-state index in [2.05, 4.69) is 20.5 Å². The third-order valence-corrected chi connectivity index (χ3v) is 3.44. The van der Waals surface area contributed by atoms with Crippen LogP contribution in [-0.2, 0) is 9.59 Å². The first-order valence-corrected chi connectivity index (χ1v) is 6.99. The van der Waals surface area contributed by atoms with Crippen molar-refractivity contribution in [3.8, 4) is 10.6 Å². The van der Waals surface area contributed by atoms with Crippen molar-refractivity contribution >= 4 is 63.0 Å². The highest BCUT2D eigenvalue weighted by atomic mass is 35.6. The Morgan fingerprint density at radius 1 is 1.15 bits per heavy atom. The van der Waals surface area contributed by atoms with Crippen LogP contribution in [0.1, 0.15) is 0 Å². The van der Waals surface area contributed by atoms with Gasteiger partial charge in [0, 0.05) is 18.0 Å². The normalized spacial score (nSPS) is 11.2. The van der Waals surface area contributed by atoms with Crippen molar-refractivity contribution in [3.05, 3.63) is 24.5 Å². The number of hydrogen-bond donors (Lipinski definition) is 1. The van der Waals surface area contributed by atoms with Gasteiger partial charge in [0.05, 0.1) is 0 Å². The van der Waals surface area contributed by atoms with Crippen LogP contribution in [0.5, 0.6) is 0 Å². The van der Waals surface area contributed by atoms with Crippen LogP contribution in [0.4, 0.5) is 5.13 Å². The fourth-order valence-electron chi connectivity index (χ4n) is 1.17. The number of rotatable bonds is 3. The fraction of sp³-hybridized carbons (Fsp3) is 0.100. The van der Waals surface area contributed by atoms with Crippen molar-refractivity contribution in [3.63, 3.8) is 0 Å². The predicted octanol–water partition coefficient (Wildman–Crippen LogP) is 2.48. The molecule has 1 N–H and O–H groups in total. The molecule has 2 heterocycles. The maximum atomic E-state index is 11.5. The number of nitrogens with one attached hydrogen (secondary N) is 1. The van der Waals surface area contributed by atoms with Crippen molar-refractivity contribution < 1.29 is 9.59 Å². The minimum Gasteiger partial charge on any atom is -0.294 e. The number of alkyl halides is 3. The van der Waals surface area contributed by atoms with Gasteiger partial charge in [0.25, 0.3) is 15.5 Å². The lowest BCUT2D eigenvalue weighted by Crippen LogP contribution is -2.33. The van der Waals surface area contributed by atoms with Crippen molar-refractivity contribution in [1.82, 2.24) is 15.2 Å². The van der Waals surface area contributed by atoms with Crippen LogP contribution in [0.15, 0.2) is 24.5 Å². The first kappa shape index (κ1) is 15.1. The molecule has 10 heteroatoms. The van der Waals surface area contributed by atoms with E-state index in [4.69, 9.17) is 34.8 Å². The van der Waals surface area contributed by atoms with Gasteiger partial charge in [-0.3, -0.25) is 19.9 Å². The van der Waals surface area contributed by atoms with Gasteiger partial charge >= 0.3 is 0 Å². The molecule has 0 aromatic carbocycles. The number of amides is 1. The number of pyridine rings is 1. The van der Waals surface area contributed by atoms with E-state index in [0.717, 1.165) is 16.9 Å². The summed E-state index contributed by atoms with van der Waals surface area (Å²) in [6.07, 6.45) is 3.20. The van der Waals surface area contributed by atoms with Gasteiger partial charge in [0.15, 0.2) is 0 Å². The first-order chi connectivity index (χ1) is 9.38. The molecule has 0 spiro atoms. The highest BCUT2D eigenvalue weighted by Crippen LogP contribution is 2.29. The molecule has 0 aliphatic heterocycles. The summed E-state index contributed by atoms with van der Waals surface area (Å²) in [4.78, 5) is 26.8. The summed E-state index contributed by atoms with van der Waals surface area (Å²) in [5.74, 6) is -2.26. The van der Waals surface area contributed by atoms with Gasteiger partial charge in [-0.25, -0.2) is 0 Å². The number of carbonyl (C=O) groups excluding carboxylic acids is 2. The summed E-state index contributed by atoms with van der Waals surface area (Å²) in [5, 5.41) is 10.5. The predicted molar refractivity (Wildman–Crippen MR) is 77.1 cm³/mol. The van der Waals surface area contributed by atoms with Crippen LogP contribution in [-0.4, -0.2) is 30.7 Å². The second kappa shape index (κ2) is 6.01. The quantitative estimate of drug-likeness (QED) is 0.678. The Morgan fingerprint density at radius 2 is 1.80 bits per heavy atom. The van der Waals surface area contributed by atoms with E-state index in [1.165, 1.54) is 0 Å². The van der Waals surface area contributed by atoms with Crippen molar-refractivity contribution in [2.75, 3.05) is 5.32 Å². The van der Waals surface area contributed by atoms with Crippen molar-refractivity contribution in [2.45, 2.75) is 3.79 Å². The number of hydrogen-bond acceptors (Lipinski definition) is 6. The Balaban J connectivity index is 2.11. The molecule has 0 unspecified atom stereocenters. The van der Waals surface area contributed by atoms with Crippen LogP contribution in [0.3, 0.4) is 0 Å². The summed E-state index contributed by atoms with van der Waals surface area (Å²) in [6, 6.07) is 3.47. The van der Waals surface area contributed by atoms with E-state index in [9.17, 15) is 9.59 Å². The third-order valence-electron chi connectivity index (χ3n) is 2.04. The lowest BCUT2D eigenvalue weighted by Gasteiger charge is -2.07. The third kappa shape index (κ3) is 3.63. The Morgan fingerprint density at radius 3 is 2.40 bits per heavy atom. The molecule has 104 valence electrons. The Labute approximate surface area is 132 Å². The first-order valence-electron chi connectivity index (χ1n) is 5.04. The van der Waals surface area contributed by atoms with Gasteiger partial charge in [-0.2, -0.15) is 0 Å². The standard InChI is InChI=1S/C10H5Cl3N4O2S/c11-10(12,13)6(18)7(19)15-9-17-16-8(20-9)5-1-3-14-4-2-5/h1-4H,(H,15,17,19). The van der Waals surface area contributed by atoms with Crippen LogP contribution in [0.2, 0.25) is 0 Å². The van der Waals surface area contributed by atoms with E-state index in [1.807, 2.05) is 0 Å². The van der Waals surface area contributed by atoms with Gasteiger partial charge < -0.3 is 0 Å². The molecule has 0 radical (unpaired) electrons. The molecule has 1 amide bonds. The summed E-state index contributed by atoms with van der Waals surface area (Å²) >= 11 is 17.1. The molecule has 2 aromatic heterocycles. The molecule has 20 heavy (non-hydrogen) atoms. The largest absolute Gasteiger partial charge is 0.298 e. The van der Waals surface area contributed by atoms with Gasteiger partial charge in [-0.1, -0.05) is 46.1 Å². The molecule has 0 aliphatic carbocycles. The molecular weight excluding hydrogens is 347 g/mol. The molecule has 2 aromatic rings. The van der Waals surface area contributed by atoms with E-state index in [1.54, 1.807) is 24.5 Å². The molecular formula is C10H5Cl3N4O2S. The monoisotopic (exact) mass is 350 g/mol. The summed E-state index contributed by atoms with van der Waals surface area (Å²) in [6.45, 7) is 0. The summed E-state index contributed by atoms with van der Waals surface area (Å²) in [7, 11) is 0. The number of halogens is 3. The average molecular weight is 352 g/mol. The maximum Gasteiger partial charge on any atom is 0.298 e. The zero-order valence-electron chi connectivity index (χ0n) is 9.51. The zero-order chi connectivity index (χ0) is 14.8. The zero-order valence-corrected chi connectivity index (χ0v) is 12.6. The molecule has 6 nitrogen and oxygen atoms in total. The SMILES string of the molecule is O=C(Nc1nnc(-c2ccncc2)s1)C(=O)C(Cl)(Cl)Cl. The smallest absolute Gasteiger partial charge is 0.294 e. The molecule has 2 rings (SSSR count). The topological polar surface area (TPSA) is 84.8 Å².